The van der Waals surface area contributed by atoms with Gasteiger partial charge in [-0.1, -0.05) is 0 Å². The summed E-state index contributed by atoms with van der Waals surface area (Å²) in [5.41, 5.74) is 1.23. The zero-order chi connectivity index (χ0) is 10.1. The van der Waals surface area contributed by atoms with Gasteiger partial charge in [0.15, 0.2) is 5.89 Å². The van der Waals surface area contributed by atoms with Crippen LogP contribution in [0.2, 0.25) is 0 Å². The lowest BCUT2D eigenvalue weighted by Gasteiger charge is -2.21. The molecule has 0 aromatic carbocycles. The van der Waals surface area contributed by atoms with Gasteiger partial charge in [0.25, 0.3) is 0 Å². The lowest BCUT2D eigenvalue weighted by molar-refractivity contribution is 0.339. The van der Waals surface area contributed by atoms with Crippen molar-refractivity contribution in [3.63, 3.8) is 0 Å². The first-order valence-electron chi connectivity index (χ1n) is 6.10. The van der Waals surface area contributed by atoms with Crippen molar-refractivity contribution in [2.24, 2.45) is 5.92 Å². The minimum absolute atomic E-state index is 0.734. The monoisotopic (exact) mass is 206 g/mol. The molecule has 1 aromatic heterocycles. The molecule has 1 N–H and O–H groups in total. The van der Waals surface area contributed by atoms with E-state index in [1.807, 2.05) is 0 Å². The molecule has 1 saturated heterocycles. The molecule has 2 aliphatic rings. The summed E-state index contributed by atoms with van der Waals surface area (Å²) in [5, 5.41) is 3.44. The molecule has 0 bridgehead atoms. The number of piperidine rings is 1. The van der Waals surface area contributed by atoms with Gasteiger partial charge in [-0.15, -0.1) is 0 Å². The third-order valence-corrected chi connectivity index (χ3v) is 3.50. The number of nitrogens with zero attached hydrogens (tertiary/aromatic N) is 1. The molecule has 15 heavy (non-hydrogen) atoms. The van der Waals surface area contributed by atoms with Gasteiger partial charge in [0.2, 0.25) is 0 Å². The SMILES string of the molecule is C1Cc2nc(CC3CCCNC3)oc2C1. The number of aromatic nitrogens is 1. The highest BCUT2D eigenvalue weighted by Crippen LogP contribution is 2.24. The second-order valence-corrected chi connectivity index (χ2v) is 4.75. The molecule has 3 rings (SSSR count). The summed E-state index contributed by atoms with van der Waals surface area (Å²) in [6, 6.07) is 0. The Bertz CT molecular complexity index is 318. The molecule has 82 valence electrons. The lowest BCUT2D eigenvalue weighted by Crippen LogP contribution is -2.30. The van der Waals surface area contributed by atoms with E-state index >= 15 is 0 Å². The molecular weight excluding hydrogens is 188 g/mol. The number of nitrogens with one attached hydrogen (secondary N) is 1. The van der Waals surface area contributed by atoms with Crippen LogP contribution < -0.4 is 5.32 Å². The predicted octanol–water partition coefficient (Wildman–Crippen LogP) is 1.71. The van der Waals surface area contributed by atoms with Crippen molar-refractivity contribution in [2.45, 2.75) is 38.5 Å². The van der Waals surface area contributed by atoms with Gasteiger partial charge in [-0.3, -0.25) is 0 Å². The van der Waals surface area contributed by atoms with E-state index in [1.54, 1.807) is 0 Å². The van der Waals surface area contributed by atoms with Gasteiger partial charge in [-0.25, -0.2) is 4.98 Å². The summed E-state index contributed by atoms with van der Waals surface area (Å²) in [4.78, 5) is 4.59. The van der Waals surface area contributed by atoms with E-state index in [-0.39, 0.29) is 0 Å². The quantitative estimate of drug-likeness (QED) is 0.800. The topological polar surface area (TPSA) is 38.1 Å². The van der Waals surface area contributed by atoms with E-state index in [1.165, 1.54) is 31.5 Å². The standard InChI is InChI=1S/C12H18N2O/c1-4-10-11(5-1)15-12(14-10)7-9-3-2-6-13-8-9/h9,13H,1-8H2. The molecule has 3 heteroatoms. The van der Waals surface area contributed by atoms with E-state index in [0.717, 1.165) is 43.4 Å². The van der Waals surface area contributed by atoms with Crippen LogP contribution in [0.4, 0.5) is 0 Å². The van der Waals surface area contributed by atoms with E-state index in [9.17, 15) is 0 Å². The van der Waals surface area contributed by atoms with Gasteiger partial charge in [-0.2, -0.15) is 0 Å². The molecule has 0 spiro atoms. The molecule has 0 saturated carbocycles. The van der Waals surface area contributed by atoms with Crippen molar-refractivity contribution in [1.29, 1.82) is 0 Å². The average Bonchev–Trinajstić information content (AvgIpc) is 2.79. The zero-order valence-corrected chi connectivity index (χ0v) is 9.09. The Hall–Kier alpha value is -0.830. The number of oxazole rings is 1. The molecule has 1 aromatic rings. The zero-order valence-electron chi connectivity index (χ0n) is 9.09. The Morgan fingerprint density at radius 1 is 1.33 bits per heavy atom. The van der Waals surface area contributed by atoms with Crippen LogP contribution in [0.5, 0.6) is 0 Å². The highest BCUT2D eigenvalue weighted by Gasteiger charge is 2.21. The van der Waals surface area contributed by atoms with Crippen LogP contribution in [0.3, 0.4) is 0 Å². The first kappa shape index (κ1) is 9.40. The van der Waals surface area contributed by atoms with Crippen molar-refractivity contribution >= 4 is 0 Å². The van der Waals surface area contributed by atoms with Gasteiger partial charge in [0.05, 0.1) is 5.69 Å². The lowest BCUT2D eigenvalue weighted by atomic mass is 9.96. The minimum Gasteiger partial charge on any atom is -0.445 e. The Morgan fingerprint density at radius 3 is 3.13 bits per heavy atom. The van der Waals surface area contributed by atoms with Crippen molar-refractivity contribution in [3.8, 4) is 0 Å². The first-order chi connectivity index (χ1) is 7.42. The van der Waals surface area contributed by atoms with E-state index in [2.05, 4.69) is 10.3 Å². The number of rotatable bonds is 2. The van der Waals surface area contributed by atoms with Crippen LogP contribution in [0, 0.1) is 5.92 Å². The molecule has 1 aliphatic heterocycles. The summed E-state index contributed by atoms with van der Waals surface area (Å²) >= 11 is 0. The maximum Gasteiger partial charge on any atom is 0.194 e. The molecule has 0 amide bonds. The summed E-state index contributed by atoms with van der Waals surface area (Å²) in [6.07, 6.45) is 7.10. The molecule has 0 radical (unpaired) electrons. The van der Waals surface area contributed by atoms with Gasteiger partial charge in [-0.05, 0) is 44.7 Å². The highest BCUT2D eigenvalue weighted by molar-refractivity contribution is 5.15. The second-order valence-electron chi connectivity index (χ2n) is 4.75. The van der Waals surface area contributed by atoms with Gasteiger partial charge < -0.3 is 9.73 Å². The molecule has 2 heterocycles. The number of hydrogen-bond acceptors (Lipinski definition) is 3. The van der Waals surface area contributed by atoms with Crippen LogP contribution in [0.25, 0.3) is 0 Å². The van der Waals surface area contributed by atoms with Gasteiger partial charge in [0.1, 0.15) is 5.76 Å². The maximum atomic E-state index is 5.79. The molecular formula is C12H18N2O. The second kappa shape index (κ2) is 3.97. The largest absolute Gasteiger partial charge is 0.445 e. The summed E-state index contributed by atoms with van der Waals surface area (Å²) in [5.74, 6) is 2.87. The molecule has 1 aliphatic carbocycles. The number of fused-ring (bicyclic) bond motifs is 1. The Balaban J connectivity index is 1.66. The average molecular weight is 206 g/mol. The molecule has 1 unspecified atom stereocenters. The Labute approximate surface area is 90.3 Å². The number of hydrogen-bond donors (Lipinski definition) is 1. The summed E-state index contributed by atoms with van der Waals surface area (Å²) in [7, 11) is 0. The smallest absolute Gasteiger partial charge is 0.194 e. The van der Waals surface area contributed by atoms with Crippen LogP contribution in [0.15, 0.2) is 4.42 Å². The van der Waals surface area contributed by atoms with Crippen LogP contribution in [0.1, 0.15) is 36.6 Å². The Morgan fingerprint density at radius 2 is 2.33 bits per heavy atom. The predicted molar refractivity (Wildman–Crippen MR) is 57.8 cm³/mol. The summed E-state index contributed by atoms with van der Waals surface area (Å²) in [6.45, 7) is 2.31. The molecule has 3 nitrogen and oxygen atoms in total. The molecule has 1 atom stereocenters. The van der Waals surface area contributed by atoms with Crippen LogP contribution in [-0.2, 0) is 19.3 Å². The van der Waals surface area contributed by atoms with E-state index in [0.29, 0.717) is 0 Å². The normalized spacial score (nSPS) is 25.5. The van der Waals surface area contributed by atoms with Gasteiger partial charge in [0, 0.05) is 12.8 Å². The maximum absolute atomic E-state index is 5.79. The fourth-order valence-electron chi connectivity index (χ4n) is 2.68. The van der Waals surface area contributed by atoms with Crippen molar-refractivity contribution in [3.05, 3.63) is 17.3 Å². The third kappa shape index (κ3) is 1.93. The fraction of sp³-hybridized carbons (Fsp3) is 0.750. The highest BCUT2D eigenvalue weighted by atomic mass is 16.4. The van der Waals surface area contributed by atoms with Crippen molar-refractivity contribution in [2.75, 3.05) is 13.1 Å². The fourth-order valence-corrected chi connectivity index (χ4v) is 2.68. The van der Waals surface area contributed by atoms with E-state index in [4.69, 9.17) is 4.42 Å². The summed E-state index contributed by atoms with van der Waals surface area (Å²) < 4.78 is 5.79. The van der Waals surface area contributed by atoms with Crippen molar-refractivity contribution < 1.29 is 4.42 Å². The van der Waals surface area contributed by atoms with Gasteiger partial charge >= 0.3 is 0 Å². The number of aryl methyl sites for hydroxylation is 2. The first-order valence-corrected chi connectivity index (χ1v) is 6.10. The Kier molecular flexibility index (Phi) is 2.49. The minimum atomic E-state index is 0.734. The van der Waals surface area contributed by atoms with Crippen molar-refractivity contribution in [1.82, 2.24) is 10.3 Å². The van der Waals surface area contributed by atoms with Crippen LogP contribution in [-0.4, -0.2) is 18.1 Å². The third-order valence-electron chi connectivity index (χ3n) is 3.50. The van der Waals surface area contributed by atoms with E-state index < -0.39 is 0 Å². The molecule has 1 fully saturated rings. The van der Waals surface area contributed by atoms with Crippen LogP contribution >= 0.6 is 0 Å².